The molecule has 0 aliphatic rings. The van der Waals surface area contributed by atoms with Crippen molar-refractivity contribution in [1.82, 2.24) is 5.32 Å². The van der Waals surface area contributed by atoms with Gasteiger partial charge in [-0.2, -0.15) is 0 Å². The molecule has 108 valence electrons. The molecular formula is C15H25BrN2O. The van der Waals surface area contributed by atoms with Crippen LogP contribution in [0.4, 0.5) is 5.69 Å². The lowest BCUT2D eigenvalue weighted by atomic mass is 10.1. The predicted octanol–water partition coefficient (Wildman–Crippen LogP) is 3.16. The molecule has 0 unspecified atom stereocenters. The minimum atomic E-state index is 0.173. The minimum Gasteiger partial charge on any atom is -0.395 e. The molecule has 2 N–H and O–H groups in total. The molecule has 0 radical (unpaired) electrons. The molecule has 0 aromatic heterocycles. The maximum absolute atomic E-state index is 9.25. The van der Waals surface area contributed by atoms with Gasteiger partial charge in [0.15, 0.2) is 0 Å². The fourth-order valence-electron chi connectivity index (χ4n) is 2.12. The number of rotatable bonds is 8. The first-order valence-electron chi connectivity index (χ1n) is 6.96. The number of nitrogens with one attached hydrogen (secondary N) is 1. The summed E-state index contributed by atoms with van der Waals surface area (Å²) in [7, 11) is 0. The Balaban J connectivity index is 2.96. The molecule has 1 aromatic carbocycles. The van der Waals surface area contributed by atoms with Crippen molar-refractivity contribution >= 4 is 21.6 Å². The Labute approximate surface area is 125 Å². The fraction of sp³-hybridized carbons (Fsp3) is 0.600. The van der Waals surface area contributed by atoms with Gasteiger partial charge in [-0.15, -0.1) is 0 Å². The highest BCUT2D eigenvalue weighted by molar-refractivity contribution is 9.10. The summed E-state index contributed by atoms with van der Waals surface area (Å²) in [4.78, 5) is 2.24. The van der Waals surface area contributed by atoms with Crippen LogP contribution in [-0.2, 0) is 6.54 Å². The van der Waals surface area contributed by atoms with Crippen molar-refractivity contribution in [2.45, 2.75) is 39.8 Å². The lowest BCUT2D eigenvalue weighted by Crippen LogP contribution is -2.34. The molecule has 1 aromatic rings. The van der Waals surface area contributed by atoms with Crippen LogP contribution in [0.15, 0.2) is 22.7 Å². The SMILES string of the molecule is CCCNCc1ccc(Br)cc1N(CCO)C(C)C. The molecule has 4 heteroatoms. The van der Waals surface area contributed by atoms with Gasteiger partial charge in [0, 0.05) is 29.3 Å². The lowest BCUT2D eigenvalue weighted by Gasteiger charge is -2.30. The first-order valence-corrected chi connectivity index (χ1v) is 7.76. The van der Waals surface area contributed by atoms with E-state index in [1.54, 1.807) is 0 Å². The van der Waals surface area contributed by atoms with E-state index >= 15 is 0 Å². The highest BCUT2D eigenvalue weighted by Gasteiger charge is 2.14. The fourth-order valence-corrected chi connectivity index (χ4v) is 2.47. The summed E-state index contributed by atoms with van der Waals surface area (Å²) in [5.41, 5.74) is 2.47. The summed E-state index contributed by atoms with van der Waals surface area (Å²) in [5.74, 6) is 0. The number of aliphatic hydroxyl groups excluding tert-OH is 1. The summed E-state index contributed by atoms with van der Waals surface area (Å²) in [6.07, 6.45) is 1.14. The smallest absolute Gasteiger partial charge is 0.0606 e. The second-order valence-electron chi connectivity index (χ2n) is 4.96. The quantitative estimate of drug-likeness (QED) is 0.719. The third kappa shape index (κ3) is 5.13. The number of hydrogen-bond donors (Lipinski definition) is 2. The molecule has 3 nitrogen and oxygen atoms in total. The first-order chi connectivity index (χ1) is 9.10. The lowest BCUT2D eigenvalue weighted by molar-refractivity contribution is 0.299. The molecule has 0 bridgehead atoms. The van der Waals surface area contributed by atoms with Crippen molar-refractivity contribution in [2.75, 3.05) is 24.6 Å². The molecule has 0 heterocycles. The highest BCUT2D eigenvalue weighted by atomic mass is 79.9. The van der Waals surface area contributed by atoms with Crippen LogP contribution in [0.2, 0.25) is 0 Å². The average molecular weight is 329 g/mol. The molecule has 0 atom stereocenters. The molecule has 19 heavy (non-hydrogen) atoms. The van der Waals surface area contributed by atoms with Crippen molar-refractivity contribution in [2.24, 2.45) is 0 Å². The Hall–Kier alpha value is -0.580. The molecule has 0 amide bonds. The number of anilines is 1. The van der Waals surface area contributed by atoms with Crippen LogP contribution in [0.1, 0.15) is 32.8 Å². The standard InChI is InChI=1S/C15H25BrN2O/c1-4-7-17-11-13-5-6-14(16)10-15(13)18(8-9-19)12(2)3/h5-6,10,12,17,19H,4,7-9,11H2,1-3H3. The van der Waals surface area contributed by atoms with Crippen molar-refractivity contribution in [3.63, 3.8) is 0 Å². The molecule has 1 rings (SSSR count). The molecule has 0 aliphatic carbocycles. The van der Waals surface area contributed by atoms with Crippen LogP contribution in [0.25, 0.3) is 0 Å². The number of hydrogen-bond acceptors (Lipinski definition) is 3. The summed E-state index contributed by atoms with van der Waals surface area (Å²) >= 11 is 3.54. The second-order valence-corrected chi connectivity index (χ2v) is 5.88. The van der Waals surface area contributed by atoms with Gasteiger partial charge < -0.3 is 15.3 Å². The average Bonchev–Trinajstić information content (AvgIpc) is 2.37. The van der Waals surface area contributed by atoms with Crippen molar-refractivity contribution in [3.8, 4) is 0 Å². The van der Waals surface area contributed by atoms with Crippen molar-refractivity contribution in [1.29, 1.82) is 0 Å². The Morgan fingerprint density at radius 3 is 2.68 bits per heavy atom. The zero-order valence-corrected chi connectivity index (χ0v) is 13.7. The third-order valence-corrected chi connectivity index (χ3v) is 3.56. The zero-order chi connectivity index (χ0) is 14.3. The van der Waals surface area contributed by atoms with E-state index in [0.717, 1.165) is 24.0 Å². The maximum atomic E-state index is 9.25. The molecule has 0 spiro atoms. The van der Waals surface area contributed by atoms with E-state index in [1.165, 1.54) is 11.3 Å². The van der Waals surface area contributed by atoms with Gasteiger partial charge in [0.05, 0.1) is 6.61 Å². The topological polar surface area (TPSA) is 35.5 Å². The monoisotopic (exact) mass is 328 g/mol. The largest absolute Gasteiger partial charge is 0.395 e. The highest BCUT2D eigenvalue weighted by Crippen LogP contribution is 2.26. The first kappa shape index (κ1) is 16.5. The summed E-state index contributed by atoms with van der Waals surface area (Å²) < 4.78 is 1.07. The number of nitrogens with zero attached hydrogens (tertiary/aromatic N) is 1. The van der Waals surface area contributed by atoms with Gasteiger partial charge in [-0.25, -0.2) is 0 Å². The molecular weight excluding hydrogens is 304 g/mol. The van der Waals surface area contributed by atoms with Crippen LogP contribution < -0.4 is 10.2 Å². The number of benzene rings is 1. The van der Waals surface area contributed by atoms with Gasteiger partial charge in [0.2, 0.25) is 0 Å². The van der Waals surface area contributed by atoms with E-state index in [9.17, 15) is 5.11 Å². The second kappa shape index (κ2) is 8.56. The Morgan fingerprint density at radius 1 is 1.37 bits per heavy atom. The molecule has 0 fully saturated rings. The maximum Gasteiger partial charge on any atom is 0.0606 e. The van der Waals surface area contributed by atoms with Gasteiger partial charge in [-0.05, 0) is 44.5 Å². The summed E-state index contributed by atoms with van der Waals surface area (Å²) in [6, 6.07) is 6.73. The van der Waals surface area contributed by atoms with Crippen LogP contribution in [0.5, 0.6) is 0 Å². The third-order valence-electron chi connectivity index (χ3n) is 3.06. The van der Waals surface area contributed by atoms with Crippen molar-refractivity contribution in [3.05, 3.63) is 28.2 Å². The predicted molar refractivity (Wildman–Crippen MR) is 85.7 cm³/mol. The van der Waals surface area contributed by atoms with E-state index in [0.29, 0.717) is 12.6 Å². The van der Waals surface area contributed by atoms with Gasteiger partial charge in [-0.1, -0.05) is 28.9 Å². The van der Waals surface area contributed by atoms with Crippen LogP contribution in [-0.4, -0.2) is 30.8 Å². The molecule has 0 saturated heterocycles. The van der Waals surface area contributed by atoms with E-state index in [-0.39, 0.29) is 6.61 Å². The van der Waals surface area contributed by atoms with Crippen LogP contribution in [0.3, 0.4) is 0 Å². The molecule has 0 aliphatic heterocycles. The Bertz CT molecular complexity index is 382. The van der Waals surface area contributed by atoms with Gasteiger partial charge in [0.25, 0.3) is 0 Å². The van der Waals surface area contributed by atoms with E-state index in [2.05, 4.69) is 65.1 Å². The minimum absolute atomic E-state index is 0.173. The zero-order valence-electron chi connectivity index (χ0n) is 12.1. The Morgan fingerprint density at radius 2 is 2.11 bits per heavy atom. The Kier molecular flexibility index (Phi) is 7.42. The number of halogens is 1. The van der Waals surface area contributed by atoms with E-state index < -0.39 is 0 Å². The van der Waals surface area contributed by atoms with Crippen LogP contribution in [0, 0.1) is 0 Å². The normalized spacial score (nSPS) is 11.1. The van der Waals surface area contributed by atoms with Gasteiger partial charge >= 0.3 is 0 Å². The summed E-state index contributed by atoms with van der Waals surface area (Å²) in [5, 5.41) is 12.7. The number of aliphatic hydroxyl groups is 1. The summed E-state index contributed by atoms with van der Waals surface area (Å²) in [6.45, 7) is 9.20. The van der Waals surface area contributed by atoms with E-state index in [1.807, 2.05) is 0 Å². The van der Waals surface area contributed by atoms with Gasteiger partial charge in [0.1, 0.15) is 0 Å². The van der Waals surface area contributed by atoms with Crippen molar-refractivity contribution < 1.29 is 5.11 Å². The van der Waals surface area contributed by atoms with Gasteiger partial charge in [-0.3, -0.25) is 0 Å². The van der Waals surface area contributed by atoms with Crippen LogP contribution >= 0.6 is 15.9 Å². The van der Waals surface area contributed by atoms with E-state index in [4.69, 9.17) is 0 Å². The molecule has 0 saturated carbocycles.